The van der Waals surface area contributed by atoms with Crippen molar-refractivity contribution in [2.45, 2.75) is 31.8 Å². The number of hydrogen-bond donors (Lipinski definition) is 2. The van der Waals surface area contributed by atoms with Crippen LogP contribution in [0.1, 0.15) is 42.1 Å². The van der Waals surface area contributed by atoms with E-state index in [0.717, 1.165) is 54.3 Å². The van der Waals surface area contributed by atoms with E-state index < -0.39 is 6.10 Å². The van der Waals surface area contributed by atoms with Gasteiger partial charge in [-0.3, -0.25) is 9.69 Å². The average molecular weight is 397 g/mol. The van der Waals surface area contributed by atoms with Gasteiger partial charge in [0, 0.05) is 36.8 Å². The Hall–Kier alpha value is -2.14. The van der Waals surface area contributed by atoms with Gasteiger partial charge in [-0.25, -0.2) is 0 Å². The second kappa shape index (κ2) is 8.48. The number of halogens is 1. The van der Waals surface area contributed by atoms with Crippen LogP contribution >= 0.6 is 11.6 Å². The number of aliphatic hydroxyl groups is 1. The highest BCUT2D eigenvalue weighted by Crippen LogP contribution is 2.28. The Kier molecular flexibility index (Phi) is 5.81. The van der Waals surface area contributed by atoms with E-state index in [9.17, 15) is 9.90 Å². The van der Waals surface area contributed by atoms with Crippen molar-refractivity contribution in [3.05, 3.63) is 70.3 Å². The molecule has 0 bridgehead atoms. The summed E-state index contributed by atoms with van der Waals surface area (Å²) < 4.78 is 0. The topological polar surface area (TPSA) is 52.6 Å². The molecule has 146 valence electrons. The van der Waals surface area contributed by atoms with Crippen molar-refractivity contribution < 1.29 is 9.90 Å². The summed E-state index contributed by atoms with van der Waals surface area (Å²) in [5.74, 6) is 0.0666. The summed E-state index contributed by atoms with van der Waals surface area (Å²) in [5, 5.41) is 14.3. The Balaban J connectivity index is 1.31. The first-order valence-corrected chi connectivity index (χ1v) is 10.2. The molecule has 0 saturated heterocycles. The molecule has 0 aliphatic carbocycles. The molecule has 0 radical (unpaired) electrons. The van der Waals surface area contributed by atoms with Gasteiger partial charge in [-0.1, -0.05) is 41.9 Å². The fourth-order valence-electron chi connectivity index (χ4n) is 3.92. The molecule has 5 heteroatoms. The Bertz CT molecular complexity index is 892. The molecule has 2 aromatic carbocycles. The zero-order valence-electron chi connectivity index (χ0n) is 15.8. The van der Waals surface area contributed by atoms with Crippen molar-refractivity contribution in [2.75, 3.05) is 25.0 Å². The molecule has 0 aromatic heterocycles. The minimum absolute atomic E-state index is 0.0666. The van der Waals surface area contributed by atoms with E-state index >= 15 is 0 Å². The van der Waals surface area contributed by atoms with Crippen LogP contribution in [0.5, 0.6) is 0 Å². The van der Waals surface area contributed by atoms with Gasteiger partial charge in [0.1, 0.15) is 0 Å². The minimum Gasteiger partial charge on any atom is -0.388 e. The van der Waals surface area contributed by atoms with E-state index in [4.69, 9.17) is 11.6 Å². The quantitative estimate of drug-likeness (QED) is 0.785. The van der Waals surface area contributed by atoms with Crippen LogP contribution in [0.25, 0.3) is 5.57 Å². The van der Waals surface area contributed by atoms with E-state index in [-0.39, 0.29) is 5.91 Å². The van der Waals surface area contributed by atoms with E-state index in [1.807, 2.05) is 30.3 Å². The minimum atomic E-state index is -0.482. The summed E-state index contributed by atoms with van der Waals surface area (Å²) in [7, 11) is 0. The summed E-state index contributed by atoms with van der Waals surface area (Å²) >= 11 is 5.97. The molecule has 2 aliphatic rings. The lowest BCUT2D eigenvalue weighted by atomic mass is 9.96. The monoisotopic (exact) mass is 396 g/mol. The summed E-state index contributed by atoms with van der Waals surface area (Å²) in [4.78, 5) is 13.9. The van der Waals surface area contributed by atoms with Crippen molar-refractivity contribution in [3.63, 3.8) is 0 Å². The maximum Gasteiger partial charge on any atom is 0.224 e. The van der Waals surface area contributed by atoms with Crippen molar-refractivity contribution in [1.82, 2.24) is 4.90 Å². The first-order valence-electron chi connectivity index (χ1n) is 9.86. The number of carbonyl (C=O) groups is 1. The summed E-state index contributed by atoms with van der Waals surface area (Å²) in [6.45, 7) is 2.76. The number of hydrogen-bond acceptors (Lipinski definition) is 3. The molecule has 2 N–H and O–H groups in total. The normalized spacial score (nSPS) is 18.2. The van der Waals surface area contributed by atoms with Gasteiger partial charge in [0.05, 0.1) is 6.10 Å². The number of rotatable bonds is 5. The van der Waals surface area contributed by atoms with Crippen molar-refractivity contribution in [2.24, 2.45) is 0 Å². The molecule has 2 aliphatic heterocycles. The number of aliphatic hydroxyl groups excluding tert-OH is 1. The summed E-state index contributed by atoms with van der Waals surface area (Å²) in [6, 6.07) is 13.9. The number of anilines is 1. The highest BCUT2D eigenvalue weighted by atomic mass is 35.5. The van der Waals surface area contributed by atoms with Gasteiger partial charge in [0.25, 0.3) is 0 Å². The maximum absolute atomic E-state index is 11.5. The third kappa shape index (κ3) is 4.46. The fraction of sp³-hybridized carbons (Fsp3) is 0.348. The highest BCUT2D eigenvalue weighted by molar-refractivity contribution is 6.30. The molecule has 1 amide bonds. The van der Waals surface area contributed by atoms with Crippen LogP contribution in [0.4, 0.5) is 5.69 Å². The van der Waals surface area contributed by atoms with Crippen molar-refractivity contribution in [3.8, 4) is 0 Å². The Labute approximate surface area is 170 Å². The number of fused-ring (bicyclic) bond motifs is 1. The van der Waals surface area contributed by atoms with E-state index in [1.54, 1.807) is 0 Å². The van der Waals surface area contributed by atoms with Gasteiger partial charge in [-0.05, 0) is 59.7 Å². The molecule has 0 saturated carbocycles. The molecule has 2 aromatic rings. The maximum atomic E-state index is 11.5. The summed E-state index contributed by atoms with van der Waals surface area (Å²) in [6.07, 6.45) is 4.77. The van der Waals surface area contributed by atoms with Gasteiger partial charge in [-0.15, -0.1) is 0 Å². The first kappa shape index (κ1) is 19.2. The van der Waals surface area contributed by atoms with E-state index in [2.05, 4.69) is 28.4 Å². The molecule has 4 rings (SSSR count). The Morgan fingerprint density at radius 2 is 1.93 bits per heavy atom. The lowest BCUT2D eigenvalue weighted by Crippen LogP contribution is -2.30. The fourth-order valence-corrected chi connectivity index (χ4v) is 4.05. The zero-order chi connectivity index (χ0) is 19.5. The van der Waals surface area contributed by atoms with Crippen LogP contribution in [0.2, 0.25) is 5.02 Å². The molecule has 1 unspecified atom stereocenters. The number of benzene rings is 2. The first-order chi connectivity index (χ1) is 13.6. The van der Waals surface area contributed by atoms with Gasteiger partial charge >= 0.3 is 0 Å². The molecule has 0 spiro atoms. The van der Waals surface area contributed by atoms with E-state index in [0.29, 0.717) is 12.8 Å². The van der Waals surface area contributed by atoms with Crippen LogP contribution in [0.15, 0.2) is 48.5 Å². The van der Waals surface area contributed by atoms with Gasteiger partial charge in [-0.2, -0.15) is 0 Å². The molecule has 0 fully saturated rings. The van der Waals surface area contributed by atoms with Crippen LogP contribution in [-0.2, 0) is 11.2 Å². The SMILES string of the molecule is O=C1CCc2cc(C(O)CCN3CC=C(c4ccc(Cl)cc4)CC3)ccc2N1. The predicted octanol–water partition coefficient (Wildman–Crippen LogP) is 4.44. The number of amides is 1. The zero-order valence-corrected chi connectivity index (χ0v) is 16.6. The number of carbonyl (C=O) groups excluding carboxylic acids is 1. The molecule has 1 atom stereocenters. The molecule has 4 nitrogen and oxygen atoms in total. The number of aryl methyl sites for hydroxylation is 1. The smallest absolute Gasteiger partial charge is 0.224 e. The van der Waals surface area contributed by atoms with E-state index in [1.165, 1.54) is 11.1 Å². The Morgan fingerprint density at radius 3 is 2.68 bits per heavy atom. The largest absolute Gasteiger partial charge is 0.388 e. The average Bonchev–Trinajstić information content (AvgIpc) is 2.72. The number of nitrogens with zero attached hydrogens (tertiary/aromatic N) is 1. The third-order valence-corrected chi connectivity index (χ3v) is 5.89. The van der Waals surface area contributed by atoms with Crippen LogP contribution in [0, 0.1) is 0 Å². The predicted molar refractivity (Wildman–Crippen MR) is 113 cm³/mol. The van der Waals surface area contributed by atoms with Gasteiger partial charge in [0.15, 0.2) is 0 Å². The lowest BCUT2D eigenvalue weighted by Gasteiger charge is -2.27. The second-order valence-electron chi connectivity index (χ2n) is 7.56. The second-order valence-corrected chi connectivity index (χ2v) is 7.99. The molecular formula is C23H25ClN2O2. The van der Waals surface area contributed by atoms with Gasteiger partial charge < -0.3 is 10.4 Å². The van der Waals surface area contributed by atoms with Crippen molar-refractivity contribution in [1.29, 1.82) is 0 Å². The summed E-state index contributed by atoms with van der Waals surface area (Å²) in [5.41, 5.74) is 5.53. The van der Waals surface area contributed by atoms with Crippen LogP contribution in [0.3, 0.4) is 0 Å². The number of nitrogens with one attached hydrogen (secondary N) is 1. The van der Waals surface area contributed by atoms with Crippen LogP contribution in [-0.4, -0.2) is 35.5 Å². The molecular weight excluding hydrogens is 372 g/mol. The van der Waals surface area contributed by atoms with Crippen LogP contribution < -0.4 is 5.32 Å². The molecule has 28 heavy (non-hydrogen) atoms. The lowest BCUT2D eigenvalue weighted by molar-refractivity contribution is -0.116. The highest BCUT2D eigenvalue weighted by Gasteiger charge is 2.18. The standard InChI is InChI=1S/C23H25ClN2O2/c24-20-5-1-16(2-6-20)17-9-12-26(13-10-17)14-11-22(27)19-3-7-21-18(15-19)4-8-23(28)25-21/h1-3,5-7,9,15,22,27H,4,8,10-14H2,(H,25,28). The Morgan fingerprint density at radius 1 is 1.11 bits per heavy atom. The molecule has 2 heterocycles. The van der Waals surface area contributed by atoms with Crippen molar-refractivity contribution >= 4 is 28.8 Å². The third-order valence-electron chi connectivity index (χ3n) is 5.64. The van der Waals surface area contributed by atoms with Gasteiger partial charge in [0.2, 0.25) is 5.91 Å².